The molecule has 0 spiro atoms. The normalized spacial score (nSPS) is 12.6. The second kappa shape index (κ2) is 7.50. The summed E-state index contributed by atoms with van der Waals surface area (Å²) >= 11 is 0.937. The lowest BCUT2D eigenvalue weighted by Gasteiger charge is -2.18. The Labute approximate surface area is 162 Å². The van der Waals surface area contributed by atoms with Gasteiger partial charge in [-0.1, -0.05) is 19.9 Å². The van der Waals surface area contributed by atoms with E-state index in [1.165, 1.54) is 34.6 Å². The number of aromatic nitrogens is 2. The Bertz CT molecular complexity index is 1150. The van der Waals surface area contributed by atoms with E-state index in [9.17, 15) is 16.8 Å². The summed E-state index contributed by atoms with van der Waals surface area (Å²) in [6.45, 7) is 4.24. The van der Waals surface area contributed by atoms with Crippen LogP contribution in [0.5, 0.6) is 0 Å². The number of nitrogens with zero attached hydrogens (tertiary/aromatic N) is 3. The number of anilines is 1. The number of sulfonamides is 2. The van der Waals surface area contributed by atoms with E-state index in [2.05, 4.69) is 13.5 Å². The van der Waals surface area contributed by atoms with Gasteiger partial charge in [0.15, 0.2) is 0 Å². The van der Waals surface area contributed by atoms with Crippen LogP contribution in [0.4, 0.5) is 5.69 Å². The van der Waals surface area contributed by atoms with Crippen molar-refractivity contribution in [2.24, 2.45) is 0 Å². The first-order valence-electron chi connectivity index (χ1n) is 8.14. The van der Waals surface area contributed by atoms with Gasteiger partial charge in [0.25, 0.3) is 10.0 Å². The number of benzene rings is 2. The van der Waals surface area contributed by atoms with Crippen LogP contribution in [0.25, 0.3) is 11.0 Å². The van der Waals surface area contributed by atoms with Crippen LogP contribution in [0.3, 0.4) is 0 Å². The van der Waals surface area contributed by atoms with Crippen molar-refractivity contribution in [1.29, 1.82) is 0 Å². The highest BCUT2D eigenvalue weighted by Crippen LogP contribution is 2.24. The molecule has 0 radical (unpaired) electrons. The third-order valence-corrected chi connectivity index (χ3v) is 8.01. The van der Waals surface area contributed by atoms with Crippen LogP contribution in [0.2, 0.25) is 0 Å². The predicted octanol–water partition coefficient (Wildman–Crippen LogP) is 2.52. The molecule has 0 amide bonds. The summed E-state index contributed by atoms with van der Waals surface area (Å²) < 4.78 is 62.3. The van der Waals surface area contributed by atoms with Gasteiger partial charge in [-0.05, 0) is 36.4 Å². The summed E-state index contributed by atoms with van der Waals surface area (Å²) in [6.07, 6.45) is 0. The standard InChI is InChI=1S/C16H18N4O4S3/c1-3-20(4-2)27(23,24)13-10-8-12(9-11-13)19-26(21,22)15-7-5-6-14-16(15)18-25-17-14/h5-11,19H,3-4H2,1-2H3. The van der Waals surface area contributed by atoms with E-state index in [1.807, 2.05) is 0 Å². The third-order valence-electron chi connectivity index (χ3n) is 3.99. The highest BCUT2D eigenvalue weighted by molar-refractivity contribution is 7.93. The molecular formula is C16H18N4O4S3. The topological polar surface area (TPSA) is 109 Å². The van der Waals surface area contributed by atoms with Gasteiger partial charge in [-0.25, -0.2) is 16.8 Å². The van der Waals surface area contributed by atoms with Crippen LogP contribution >= 0.6 is 11.7 Å². The van der Waals surface area contributed by atoms with E-state index in [0.29, 0.717) is 24.1 Å². The lowest BCUT2D eigenvalue weighted by atomic mass is 10.3. The molecule has 0 saturated heterocycles. The maximum atomic E-state index is 12.7. The summed E-state index contributed by atoms with van der Waals surface area (Å²) in [5, 5.41) is 0. The zero-order valence-corrected chi connectivity index (χ0v) is 17.1. The molecule has 27 heavy (non-hydrogen) atoms. The van der Waals surface area contributed by atoms with Crippen molar-refractivity contribution in [2.45, 2.75) is 23.6 Å². The molecule has 3 aromatic rings. The molecule has 1 aromatic heterocycles. The quantitative estimate of drug-likeness (QED) is 0.622. The van der Waals surface area contributed by atoms with E-state index in [1.54, 1.807) is 26.0 Å². The van der Waals surface area contributed by atoms with E-state index in [4.69, 9.17) is 0 Å². The zero-order valence-electron chi connectivity index (χ0n) is 14.7. The van der Waals surface area contributed by atoms with Crippen molar-refractivity contribution in [3.05, 3.63) is 42.5 Å². The molecule has 0 aliphatic rings. The Kier molecular flexibility index (Phi) is 5.47. The van der Waals surface area contributed by atoms with Crippen molar-refractivity contribution in [2.75, 3.05) is 17.8 Å². The maximum Gasteiger partial charge on any atom is 0.264 e. The van der Waals surface area contributed by atoms with Crippen LogP contribution in [-0.4, -0.2) is 43.0 Å². The third kappa shape index (κ3) is 3.81. The number of hydrogen-bond acceptors (Lipinski definition) is 7. The summed E-state index contributed by atoms with van der Waals surface area (Å²) in [6, 6.07) is 10.3. The van der Waals surface area contributed by atoms with Crippen molar-refractivity contribution in [1.82, 2.24) is 13.1 Å². The highest BCUT2D eigenvalue weighted by atomic mass is 32.2. The van der Waals surface area contributed by atoms with Gasteiger partial charge in [0.05, 0.1) is 16.6 Å². The van der Waals surface area contributed by atoms with Crippen molar-refractivity contribution >= 4 is 48.5 Å². The van der Waals surface area contributed by atoms with Gasteiger partial charge in [-0.3, -0.25) is 4.72 Å². The fraction of sp³-hybridized carbons (Fsp3) is 0.250. The summed E-state index contributed by atoms with van der Waals surface area (Å²) in [4.78, 5) is 0.133. The molecule has 1 heterocycles. The number of nitrogens with one attached hydrogen (secondary N) is 1. The Morgan fingerprint density at radius 2 is 1.63 bits per heavy atom. The minimum atomic E-state index is -3.89. The second-order valence-electron chi connectivity index (χ2n) is 5.61. The molecule has 0 saturated carbocycles. The van der Waals surface area contributed by atoms with E-state index in [-0.39, 0.29) is 15.5 Å². The summed E-state index contributed by atoms with van der Waals surface area (Å²) in [5.41, 5.74) is 1.06. The van der Waals surface area contributed by atoms with Gasteiger partial charge in [-0.15, -0.1) is 0 Å². The Balaban J connectivity index is 1.89. The summed E-state index contributed by atoms with van der Waals surface area (Å²) in [5.74, 6) is 0. The Hall–Kier alpha value is -2.08. The lowest BCUT2D eigenvalue weighted by molar-refractivity contribution is 0.445. The van der Waals surface area contributed by atoms with Gasteiger partial charge >= 0.3 is 0 Å². The molecule has 0 aliphatic heterocycles. The van der Waals surface area contributed by atoms with Crippen molar-refractivity contribution < 1.29 is 16.8 Å². The van der Waals surface area contributed by atoms with Crippen molar-refractivity contribution in [3.63, 3.8) is 0 Å². The van der Waals surface area contributed by atoms with Gasteiger partial charge in [-0.2, -0.15) is 13.1 Å². The predicted molar refractivity (Wildman–Crippen MR) is 105 cm³/mol. The molecule has 144 valence electrons. The molecule has 8 nitrogen and oxygen atoms in total. The minimum absolute atomic E-state index is 0.0218. The van der Waals surface area contributed by atoms with Crippen LogP contribution in [0.1, 0.15) is 13.8 Å². The average Bonchev–Trinajstić information content (AvgIpc) is 3.11. The Morgan fingerprint density at radius 1 is 0.963 bits per heavy atom. The first-order valence-corrected chi connectivity index (χ1v) is 11.8. The first kappa shape index (κ1) is 19.7. The molecule has 2 aromatic carbocycles. The molecule has 0 bridgehead atoms. The van der Waals surface area contributed by atoms with E-state index >= 15 is 0 Å². The van der Waals surface area contributed by atoms with Crippen LogP contribution in [0.15, 0.2) is 52.3 Å². The summed E-state index contributed by atoms with van der Waals surface area (Å²) in [7, 11) is -7.49. The molecule has 0 aliphatic carbocycles. The SMILES string of the molecule is CCN(CC)S(=O)(=O)c1ccc(NS(=O)(=O)c2cccc3nsnc23)cc1. The maximum absolute atomic E-state index is 12.7. The number of rotatable bonds is 7. The zero-order chi connectivity index (χ0) is 19.7. The largest absolute Gasteiger partial charge is 0.280 e. The highest BCUT2D eigenvalue weighted by Gasteiger charge is 2.23. The van der Waals surface area contributed by atoms with Gasteiger partial charge in [0.1, 0.15) is 15.9 Å². The van der Waals surface area contributed by atoms with Crippen LogP contribution < -0.4 is 4.72 Å². The molecule has 1 N–H and O–H groups in total. The fourth-order valence-corrected chi connectivity index (χ4v) is 5.90. The smallest absolute Gasteiger partial charge is 0.264 e. The van der Waals surface area contributed by atoms with E-state index < -0.39 is 20.0 Å². The second-order valence-corrected chi connectivity index (χ2v) is 9.72. The van der Waals surface area contributed by atoms with Gasteiger partial charge < -0.3 is 0 Å². The molecule has 0 atom stereocenters. The number of hydrogen-bond donors (Lipinski definition) is 1. The van der Waals surface area contributed by atoms with E-state index in [0.717, 1.165) is 11.7 Å². The van der Waals surface area contributed by atoms with Gasteiger partial charge in [0, 0.05) is 18.8 Å². The first-order chi connectivity index (χ1) is 12.8. The number of fused-ring (bicyclic) bond motifs is 1. The minimum Gasteiger partial charge on any atom is -0.280 e. The molecule has 0 unspecified atom stereocenters. The lowest BCUT2D eigenvalue weighted by Crippen LogP contribution is -2.30. The van der Waals surface area contributed by atoms with Crippen LogP contribution in [0, 0.1) is 0 Å². The monoisotopic (exact) mass is 426 g/mol. The average molecular weight is 427 g/mol. The molecule has 0 fully saturated rings. The Morgan fingerprint density at radius 3 is 2.26 bits per heavy atom. The fourth-order valence-electron chi connectivity index (χ4n) is 2.62. The molecular weight excluding hydrogens is 408 g/mol. The molecule has 11 heteroatoms. The van der Waals surface area contributed by atoms with Crippen molar-refractivity contribution in [3.8, 4) is 0 Å². The van der Waals surface area contributed by atoms with Crippen LogP contribution in [-0.2, 0) is 20.0 Å². The van der Waals surface area contributed by atoms with Gasteiger partial charge in [0.2, 0.25) is 10.0 Å². The molecule has 3 rings (SSSR count).